The molecule has 9 heteroatoms. The van der Waals surface area contributed by atoms with E-state index in [1.165, 1.54) is 13.1 Å². The molecule has 130 valence electrons. The van der Waals surface area contributed by atoms with Gasteiger partial charge in [0.15, 0.2) is 0 Å². The topological polar surface area (TPSA) is 96.5 Å². The maximum absolute atomic E-state index is 12.3. The normalized spacial score (nSPS) is 21.3. The highest BCUT2D eigenvalue weighted by Gasteiger charge is 2.28. The number of sulfonamides is 1. The molecule has 1 aromatic carbocycles. The van der Waals surface area contributed by atoms with Crippen LogP contribution in [-0.4, -0.2) is 46.7 Å². The maximum Gasteiger partial charge on any atom is 0.244 e. The molecule has 0 aromatic heterocycles. The van der Waals surface area contributed by atoms with E-state index in [1.807, 2.05) is 6.92 Å². The van der Waals surface area contributed by atoms with Crippen LogP contribution < -0.4 is 15.4 Å². The van der Waals surface area contributed by atoms with E-state index in [0.717, 1.165) is 0 Å². The Balaban J connectivity index is 0.00000264. The molecule has 0 spiro atoms. The summed E-state index contributed by atoms with van der Waals surface area (Å²) in [7, 11) is -2.21. The number of carbonyl (C=O) groups excluding carboxylic acids is 1. The number of amides is 1. The second kappa shape index (κ2) is 8.07. The zero-order chi connectivity index (χ0) is 16.3. The molecule has 2 rings (SSSR count). The highest BCUT2D eigenvalue weighted by molar-refractivity contribution is 7.89. The number of carbonyl (C=O) groups is 1. The Bertz CT molecular complexity index is 666. The third-order valence-electron chi connectivity index (χ3n) is 3.61. The van der Waals surface area contributed by atoms with Crippen LogP contribution in [0.25, 0.3) is 0 Å². The van der Waals surface area contributed by atoms with Crippen LogP contribution in [0.2, 0.25) is 0 Å². The van der Waals surface area contributed by atoms with Crippen LogP contribution in [-0.2, 0) is 19.6 Å². The summed E-state index contributed by atoms with van der Waals surface area (Å²) in [6.07, 6.45) is -0.236. The Hall–Kier alpha value is -1.19. The number of halogens is 1. The molecular weight excluding hydrogens is 342 g/mol. The largest absolute Gasteiger partial charge is 0.375 e. The summed E-state index contributed by atoms with van der Waals surface area (Å²) < 4.78 is 31.6. The van der Waals surface area contributed by atoms with Gasteiger partial charge in [0.1, 0.15) is 6.04 Å². The Labute approximate surface area is 142 Å². The lowest BCUT2D eigenvalue weighted by molar-refractivity contribution is -0.123. The van der Waals surface area contributed by atoms with Gasteiger partial charge in [-0.25, -0.2) is 13.1 Å². The van der Waals surface area contributed by atoms with Crippen molar-refractivity contribution in [3.8, 4) is 0 Å². The number of rotatable bonds is 4. The number of aryl methyl sites for hydroxylation is 1. The Morgan fingerprint density at radius 1 is 1.39 bits per heavy atom. The first-order chi connectivity index (χ1) is 10.3. The molecule has 23 heavy (non-hydrogen) atoms. The van der Waals surface area contributed by atoms with E-state index in [1.54, 1.807) is 19.1 Å². The molecule has 1 aliphatic heterocycles. The van der Waals surface area contributed by atoms with E-state index < -0.39 is 16.1 Å². The van der Waals surface area contributed by atoms with E-state index in [2.05, 4.69) is 15.4 Å². The molecule has 1 amide bonds. The minimum absolute atomic E-state index is 0. The van der Waals surface area contributed by atoms with E-state index in [4.69, 9.17) is 4.74 Å². The van der Waals surface area contributed by atoms with Gasteiger partial charge < -0.3 is 15.4 Å². The van der Waals surface area contributed by atoms with E-state index >= 15 is 0 Å². The number of ether oxygens (including phenoxy) is 1. The van der Waals surface area contributed by atoms with Crippen LogP contribution in [0.4, 0.5) is 5.69 Å². The fraction of sp³-hybridized carbons (Fsp3) is 0.500. The number of hydrogen-bond donors (Lipinski definition) is 3. The number of nitrogens with one attached hydrogen (secondary N) is 3. The molecule has 7 nitrogen and oxygen atoms in total. The first-order valence-corrected chi connectivity index (χ1v) is 8.53. The molecule has 0 saturated carbocycles. The zero-order valence-corrected chi connectivity index (χ0v) is 14.9. The fourth-order valence-corrected chi connectivity index (χ4v) is 3.32. The molecule has 1 aromatic rings. The Morgan fingerprint density at radius 3 is 2.70 bits per heavy atom. The van der Waals surface area contributed by atoms with Crippen molar-refractivity contribution in [1.82, 2.24) is 10.0 Å². The number of benzene rings is 1. The average Bonchev–Trinajstić information content (AvgIpc) is 2.49. The molecule has 0 aliphatic carbocycles. The van der Waals surface area contributed by atoms with Crippen molar-refractivity contribution in [3.63, 3.8) is 0 Å². The van der Waals surface area contributed by atoms with Gasteiger partial charge in [-0.15, -0.1) is 12.4 Å². The third kappa shape index (κ3) is 4.65. The minimum Gasteiger partial charge on any atom is -0.375 e. The lowest BCUT2D eigenvalue weighted by Crippen LogP contribution is -2.53. The zero-order valence-electron chi connectivity index (χ0n) is 13.3. The molecule has 2 atom stereocenters. The van der Waals surface area contributed by atoms with Crippen molar-refractivity contribution in [2.24, 2.45) is 0 Å². The fourth-order valence-electron chi connectivity index (χ4n) is 2.32. The van der Waals surface area contributed by atoms with Crippen molar-refractivity contribution < 1.29 is 17.9 Å². The molecule has 0 radical (unpaired) electrons. The number of morpholine rings is 1. The smallest absolute Gasteiger partial charge is 0.244 e. The van der Waals surface area contributed by atoms with Crippen molar-refractivity contribution in [3.05, 3.63) is 23.8 Å². The van der Waals surface area contributed by atoms with Gasteiger partial charge in [0.25, 0.3) is 0 Å². The standard InChI is InChI=1S/C14H21N3O4S.ClH/c1-9-4-5-11(8-12(9)22(19,20)15-3)17-14(18)13-10(2)21-7-6-16-13;/h4-5,8,10,13,15-16H,6-7H2,1-3H3,(H,17,18);1H/t10-,13+;/m1./s1. The SMILES string of the molecule is CNS(=O)(=O)c1cc(NC(=O)[C@H]2NCCO[C@@H]2C)ccc1C.Cl. The van der Waals surface area contributed by atoms with Crippen LogP contribution in [0.15, 0.2) is 23.1 Å². The Kier molecular flexibility index (Phi) is 6.97. The minimum atomic E-state index is -3.56. The summed E-state index contributed by atoms with van der Waals surface area (Å²) in [6.45, 7) is 4.70. The molecule has 1 saturated heterocycles. The van der Waals surface area contributed by atoms with Gasteiger partial charge in [-0.05, 0) is 38.6 Å². The summed E-state index contributed by atoms with van der Waals surface area (Å²) in [6, 6.07) is 4.33. The van der Waals surface area contributed by atoms with Crippen LogP contribution in [0.5, 0.6) is 0 Å². The van der Waals surface area contributed by atoms with Gasteiger partial charge in [-0.3, -0.25) is 4.79 Å². The highest BCUT2D eigenvalue weighted by Crippen LogP contribution is 2.20. The van der Waals surface area contributed by atoms with Crippen LogP contribution in [0.1, 0.15) is 12.5 Å². The lowest BCUT2D eigenvalue weighted by atomic mass is 10.1. The quantitative estimate of drug-likeness (QED) is 0.729. The monoisotopic (exact) mass is 363 g/mol. The lowest BCUT2D eigenvalue weighted by Gasteiger charge is -2.29. The Morgan fingerprint density at radius 2 is 2.09 bits per heavy atom. The number of anilines is 1. The third-order valence-corrected chi connectivity index (χ3v) is 5.17. The van der Waals surface area contributed by atoms with Crippen molar-refractivity contribution in [2.75, 3.05) is 25.5 Å². The summed E-state index contributed by atoms with van der Waals surface area (Å²) in [5.41, 5.74) is 1.05. The second-order valence-electron chi connectivity index (χ2n) is 5.18. The van der Waals surface area contributed by atoms with Gasteiger partial charge in [0.2, 0.25) is 15.9 Å². The first kappa shape index (κ1) is 19.9. The van der Waals surface area contributed by atoms with E-state index in [9.17, 15) is 13.2 Å². The summed E-state index contributed by atoms with van der Waals surface area (Å²) in [5.74, 6) is -0.246. The molecule has 1 fully saturated rings. The van der Waals surface area contributed by atoms with Gasteiger partial charge in [-0.1, -0.05) is 6.07 Å². The molecule has 0 bridgehead atoms. The van der Waals surface area contributed by atoms with Crippen LogP contribution >= 0.6 is 12.4 Å². The van der Waals surface area contributed by atoms with Crippen molar-refractivity contribution in [1.29, 1.82) is 0 Å². The van der Waals surface area contributed by atoms with Gasteiger partial charge >= 0.3 is 0 Å². The van der Waals surface area contributed by atoms with Gasteiger partial charge in [-0.2, -0.15) is 0 Å². The molecule has 1 heterocycles. The molecule has 1 aliphatic rings. The molecule has 3 N–H and O–H groups in total. The van der Waals surface area contributed by atoms with Crippen LogP contribution in [0, 0.1) is 6.92 Å². The molecular formula is C14H22ClN3O4S. The van der Waals surface area contributed by atoms with Gasteiger partial charge in [0.05, 0.1) is 17.6 Å². The van der Waals surface area contributed by atoms with E-state index in [-0.39, 0.29) is 29.3 Å². The number of hydrogen-bond acceptors (Lipinski definition) is 5. The summed E-state index contributed by atoms with van der Waals surface area (Å²) >= 11 is 0. The van der Waals surface area contributed by atoms with Gasteiger partial charge in [0, 0.05) is 12.2 Å². The maximum atomic E-state index is 12.3. The van der Waals surface area contributed by atoms with Crippen molar-refractivity contribution >= 4 is 34.0 Å². The predicted molar refractivity (Wildman–Crippen MR) is 90.5 cm³/mol. The average molecular weight is 364 g/mol. The summed E-state index contributed by atoms with van der Waals surface area (Å²) in [5, 5.41) is 5.82. The molecule has 0 unspecified atom stereocenters. The van der Waals surface area contributed by atoms with Crippen molar-refractivity contribution in [2.45, 2.75) is 30.9 Å². The van der Waals surface area contributed by atoms with Crippen LogP contribution in [0.3, 0.4) is 0 Å². The second-order valence-corrected chi connectivity index (χ2v) is 7.04. The first-order valence-electron chi connectivity index (χ1n) is 7.05. The predicted octanol–water partition coefficient (Wildman–Crippen LogP) is 0.640. The van der Waals surface area contributed by atoms with E-state index in [0.29, 0.717) is 24.4 Å². The summed E-state index contributed by atoms with van der Waals surface area (Å²) in [4.78, 5) is 12.4. The highest BCUT2D eigenvalue weighted by atomic mass is 35.5.